The lowest BCUT2D eigenvalue weighted by Crippen LogP contribution is -2.46. The Kier molecular flexibility index (Phi) is 3.80. The van der Waals surface area contributed by atoms with E-state index in [-0.39, 0.29) is 11.4 Å². The highest BCUT2D eigenvalue weighted by Crippen LogP contribution is 2.23. The van der Waals surface area contributed by atoms with Crippen LogP contribution >= 0.6 is 0 Å². The van der Waals surface area contributed by atoms with Gasteiger partial charge >= 0.3 is 0 Å². The quantitative estimate of drug-likeness (QED) is 0.794. The zero-order chi connectivity index (χ0) is 14.0. The number of hydrogen-bond acceptors (Lipinski definition) is 3. The van der Waals surface area contributed by atoms with E-state index in [9.17, 15) is 4.79 Å². The van der Waals surface area contributed by atoms with E-state index in [1.54, 1.807) is 0 Å². The largest absolute Gasteiger partial charge is 0.398 e. The molecule has 1 aliphatic rings. The van der Waals surface area contributed by atoms with Crippen LogP contribution in [0.3, 0.4) is 0 Å². The predicted molar refractivity (Wildman–Crippen MR) is 77.7 cm³/mol. The summed E-state index contributed by atoms with van der Waals surface area (Å²) in [6.07, 6.45) is 0.921. The van der Waals surface area contributed by atoms with Crippen LogP contribution in [0.15, 0.2) is 18.2 Å². The first-order chi connectivity index (χ1) is 8.85. The molecule has 0 bridgehead atoms. The molecule has 0 saturated heterocycles. The van der Waals surface area contributed by atoms with Crippen molar-refractivity contribution in [3.63, 3.8) is 0 Å². The standard InChI is InChI=1S/C15H23N3O/c1-15(2,3)17-14(19)10-18-8-7-12-11(9-18)5-4-6-13(12)16/h4-6H,7-10,16H2,1-3H3,(H,17,19). The van der Waals surface area contributed by atoms with Crippen LogP contribution < -0.4 is 11.1 Å². The average Bonchev–Trinajstić information content (AvgIpc) is 2.26. The van der Waals surface area contributed by atoms with Crippen molar-refractivity contribution < 1.29 is 4.79 Å². The van der Waals surface area contributed by atoms with Gasteiger partial charge < -0.3 is 11.1 Å². The second-order valence-corrected chi connectivity index (χ2v) is 6.24. The van der Waals surface area contributed by atoms with E-state index in [1.165, 1.54) is 11.1 Å². The molecule has 1 aliphatic heterocycles. The van der Waals surface area contributed by atoms with Crippen LogP contribution in [0.1, 0.15) is 31.9 Å². The first-order valence-corrected chi connectivity index (χ1v) is 6.75. The van der Waals surface area contributed by atoms with Crippen LogP contribution in [-0.2, 0) is 17.8 Å². The number of anilines is 1. The summed E-state index contributed by atoms with van der Waals surface area (Å²) in [5.41, 5.74) is 9.16. The zero-order valence-electron chi connectivity index (χ0n) is 12.0. The molecule has 104 valence electrons. The number of nitrogens with zero attached hydrogens (tertiary/aromatic N) is 1. The summed E-state index contributed by atoms with van der Waals surface area (Å²) in [5.74, 6) is 0.0832. The van der Waals surface area contributed by atoms with Gasteiger partial charge in [-0.05, 0) is 44.4 Å². The number of carbonyl (C=O) groups is 1. The molecule has 0 spiro atoms. The summed E-state index contributed by atoms with van der Waals surface area (Å²) in [6, 6.07) is 6.02. The van der Waals surface area contributed by atoms with Crippen molar-refractivity contribution >= 4 is 11.6 Å². The Hall–Kier alpha value is -1.55. The van der Waals surface area contributed by atoms with Crippen molar-refractivity contribution in [3.8, 4) is 0 Å². The summed E-state index contributed by atoms with van der Waals surface area (Å²) in [6.45, 7) is 8.13. The Labute approximate surface area is 115 Å². The third-order valence-electron chi connectivity index (χ3n) is 3.26. The molecule has 1 heterocycles. The molecule has 0 unspecified atom stereocenters. The summed E-state index contributed by atoms with van der Waals surface area (Å²) in [7, 11) is 0. The molecular weight excluding hydrogens is 238 g/mol. The van der Waals surface area contributed by atoms with E-state index in [4.69, 9.17) is 5.73 Å². The fraction of sp³-hybridized carbons (Fsp3) is 0.533. The SMILES string of the molecule is CC(C)(C)NC(=O)CN1CCc2c(N)cccc2C1. The molecule has 4 nitrogen and oxygen atoms in total. The summed E-state index contributed by atoms with van der Waals surface area (Å²) >= 11 is 0. The number of rotatable bonds is 2. The molecule has 4 heteroatoms. The molecule has 0 aromatic heterocycles. The topological polar surface area (TPSA) is 58.4 Å². The van der Waals surface area contributed by atoms with Gasteiger partial charge in [-0.1, -0.05) is 12.1 Å². The minimum Gasteiger partial charge on any atom is -0.398 e. The smallest absolute Gasteiger partial charge is 0.234 e. The number of benzene rings is 1. The molecule has 0 fully saturated rings. The van der Waals surface area contributed by atoms with Crippen molar-refractivity contribution in [2.75, 3.05) is 18.8 Å². The van der Waals surface area contributed by atoms with Crippen LogP contribution in [0.5, 0.6) is 0 Å². The van der Waals surface area contributed by atoms with Gasteiger partial charge in [0.1, 0.15) is 0 Å². The molecule has 0 saturated carbocycles. The normalized spacial score (nSPS) is 15.9. The van der Waals surface area contributed by atoms with Crippen molar-refractivity contribution in [2.24, 2.45) is 0 Å². The number of nitrogens with one attached hydrogen (secondary N) is 1. The maximum Gasteiger partial charge on any atom is 0.234 e. The fourth-order valence-corrected chi connectivity index (χ4v) is 2.49. The maximum atomic E-state index is 11.9. The number of amides is 1. The third-order valence-corrected chi connectivity index (χ3v) is 3.26. The fourth-order valence-electron chi connectivity index (χ4n) is 2.49. The van der Waals surface area contributed by atoms with Crippen LogP contribution in [0, 0.1) is 0 Å². The van der Waals surface area contributed by atoms with Gasteiger partial charge in [0, 0.05) is 24.3 Å². The van der Waals surface area contributed by atoms with Crippen LogP contribution in [0.4, 0.5) is 5.69 Å². The highest BCUT2D eigenvalue weighted by Gasteiger charge is 2.21. The van der Waals surface area contributed by atoms with Gasteiger partial charge in [0.2, 0.25) is 5.91 Å². The Morgan fingerprint density at radius 1 is 1.42 bits per heavy atom. The van der Waals surface area contributed by atoms with Crippen molar-refractivity contribution in [1.29, 1.82) is 0 Å². The first-order valence-electron chi connectivity index (χ1n) is 6.75. The first kappa shape index (κ1) is 13.9. The Morgan fingerprint density at radius 3 is 2.84 bits per heavy atom. The van der Waals surface area contributed by atoms with E-state index < -0.39 is 0 Å². The molecule has 1 aromatic rings. The van der Waals surface area contributed by atoms with Crippen molar-refractivity contribution in [3.05, 3.63) is 29.3 Å². The lowest BCUT2D eigenvalue weighted by molar-refractivity contribution is -0.123. The lowest BCUT2D eigenvalue weighted by atomic mass is 9.98. The molecule has 0 aliphatic carbocycles. The molecule has 1 amide bonds. The predicted octanol–water partition coefficient (Wildman–Crippen LogP) is 1.54. The zero-order valence-corrected chi connectivity index (χ0v) is 12.0. The minimum atomic E-state index is -0.171. The molecule has 1 aromatic carbocycles. The second kappa shape index (κ2) is 5.21. The maximum absolute atomic E-state index is 11.9. The van der Waals surface area contributed by atoms with Gasteiger partial charge in [0.25, 0.3) is 0 Å². The lowest BCUT2D eigenvalue weighted by Gasteiger charge is -2.30. The molecule has 2 rings (SSSR count). The van der Waals surface area contributed by atoms with E-state index in [0.717, 1.165) is 25.2 Å². The van der Waals surface area contributed by atoms with Gasteiger partial charge in [0.05, 0.1) is 6.54 Å². The summed E-state index contributed by atoms with van der Waals surface area (Å²) in [5, 5.41) is 3.00. The van der Waals surface area contributed by atoms with E-state index in [0.29, 0.717) is 6.54 Å². The molecule has 19 heavy (non-hydrogen) atoms. The average molecular weight is 261 g/mol. The second-order valence-electron chi connectivity index (χ2n) is 6.24. The van der Waals surface area contributed by atoms with Crippen molar-refractivity contribution in [1.82, 2.24) is 10.2 Å². The molecule has 0 radical (unpaired) electrons. The van der Waals surface area contributed by atoms with E-state index in [2.05, 4.69) is 16.3 Å². The van der Waals surface area contributed by atoms with Gasteiger partial charge in [-0.25, -0.2) is 0 Å². The summed E-state index contributed by atoms with van der Waals surface area (Å²) in [4.78, 5) is 14.1. The monoisotopic (exact) mass is 261 g/mol. The molecule has 0 atom stereocenters. The number of nitrogens with two attached hydrogens (primary N) is 1. The van der Waals surface area contributed by atoms with Crippen LogP contribution in [0.2, 0.25) is 0 Å². The van der Waals surface area contributed by atoms with E-state index in [1.807, 2.05) is 32.9 Å². The number of nitrogen functional groups attached to an aromatic ring is 1. The minimum absolute atomic E-state index is 0.0832. The van der Waals surface area contributed by atoms with Gasteiger partial charge in [0.15, 0.2) is 0 Å². The Balaban J connectivity index is 1.97. The molecular formula is C15H23N3O. The summed E-state index contributed by atoms with van der Waals surface area (Å²) < 4.78 is 0. The van der Waals surface area contributed by atoms with E-state index >= 15 is 0 Å². The number of carbonyl (C=O) groups excluding carboxylic acids is 1. The molecule has 3 N–H and O–H groups in total. The Morgan fingerprint density at radius 2 is 2.16 bits per heavy atom. The van der Waals surface area contributed by atoms with Gasteiger partial charge in [-0.15, -0.1) is 0 Å². The van der Waals surface area contributed by atoms with Crippen LogP contribution in [-0.4, -0.2) is 29.4 Å². The van der Waals surface area contributed by atoms with Crippen LogP contribution in [0.25, 0.3) is 0 Å². The van der Waals surface area contributed by atoms with Crippen molar-refractivity contribution in [2.45, 2.75) is 39.3 Å². The van der Waals surface area contributed by atoms with Gasteiger partial charge in [-0.2, -0.15) is 0 Å². The third kappa shape index (κ3) is 3.70. The number of fused-ring (bicyclic) bond motifs is 1. The highest BCUT2D eigenvalue weighted by atomic mass is 16.2. The Bertz CT molecular complexity index is 477. The number of hydrogen-bond donors (Lipinski definition) is 2. The highest BCUT2D eigenvalue weighted by molar-refractivity contribution is 5.78. The van der Waals surface area contributed by atoms with Gasteiger partial charge in [-0.3, -0.25) is 9.69 Å².